The van der Waals surface area contributed by atoms with Crippen molar-refractivity contribution in [3.63, 3.8) is 0 Å². The van der Waals surface area contributed by atoms with Crippen LogP contribution in [0.4, 0.5) is 5.69 Å². The Labute approximate surface area is 121 Å². The minimum absolute atomic E-state index is 0.771. The number of hydrogen-bond donors (Lipinski definition) is 1. The first-order chi connectivity index (χ1) is 9.74. The second kappa shape index (κ2) is 5.70. The normalized spacial score (nSPS) is 16.2. The predicted octanol–water partition coefficient (Wildman–Crippen LogP) is 5.29. The zero-order chi connectivity index (χ0) is 13.9. The zero-order valence-electron chi connectivity index (χ0n) is 12.2. The van der Waals surface area contributed by atoms with E-state index in [2.05, 4.69) is 43.3 Å². The molecule has 2 aromatic rings. The molecule has 0 heterocycles. The molecule has 0 bridgehead atoms. The van der Waals surface area contributed by atoms with Crippen molar-refractivity contribution >= 4 is 5.69 Å². The third-order valence-electron chi connectivity index (χ3n) is 4.51. The molecule has 1 saturated carbocycles. The van der Waals surface area contributed by atoms with Crippen molar-refractivity contribution in [3.05, 3.63) is 53.6 Å². The van der Waals surface area contributed by atoms with E-state index < -0.39 is 0 Å². The van der Waals surface area contributed by atoms with Gasteiger partial charge in [0.1, 0.15) is 0 Å². The number of nitrogens with two attached hydrogens (primary N) is 1. The van der Waals surface area contributed by atoms with Crippen molar-refractivity contribution < 1.29 is 0 Å². The Kier molecular flexibility index (Phi) is 3.77. The summed E-state index contributed by atoms with van der Waals surface area (Å²) in [6.07, 6.45) is 6.89. The molecule has 0 atom stereocenters. The van der Waals surface area contributed by atoms with Gasteiger partial charge in [0.15, 0.2) is 0 Å². The maximum Gasteiger partial charge on any atom is 0.0396 e. The number of aryl methyl sites for hydroxylation is 1. The molecule has 0 spiro atoms. The van der Waals surface area contributed by atoms with Crippen molar-refractivity contribution in [1.29, 1.82) is 0 Å². The van der Waals surface area contributed by atoms with E-state index in [9.17, 15) is 0 Å². The molecule has 0 aromatic heterocycles. The van der Waals surface area contributed by atoms with Crippen molar-refractivity contribution in [3.8, 4) is 11.1 Å². The Bertz CT molecular complexity index is 577. The topological polar surface area (TPSA) is 26.0 Å². The van der Waals surface area contributed by atoms with Gasteiger partial charge in [-0.05, 0) is 48.4 Å². The molecule has 1 aliphatic carbocycles. The minimum atomic E-state index is 0.771. The first-order valence-corrected chi connectivity index (χ1v) is 7.70. The summed E-state index contributed by atoms with van der Waals surface area (Å²) < 4.78 is 0. The van der Waals surface area contributed by atoms with Crippen LogP contribution >= 0.6 is 0 Å². The van der Waals surface area contributed by atoms with Crippen molar-refractivity contribution in [1.82, 2.24) is 0 Å². The highest BCUT2D eigenvalue weighted by molar-refractivity contribution is 5.76. The number of anilines is 1. The van der Waals surface area contributed by atoms with Crippen LogP contribution in [0.5, 0.6) is 0 Å². The predicted molar refractivity (Wildman–Crippen MR) is 86.9 cm³/mol. The van der Waals surface area contributed by atoms with E-state index in [-0.39, 0.29) is 0 Å². The molecule has 0 unspecified atom stereocenters. The molecule has 1 aliphatic rings. The summed E-state index contributed by atoms with van der Waals surface area (Å²) in [6.45, 7) is 2.08. The van der Waals surface area contributed by atoms with Gasteiger partial charge in [0.25, 0.3) is 0 Å². The summed E-state index contributed by atoms with van der Waals surface area (Å²) in [5.74, 6) is 0.771. The van der Waals surface area contributed by atoms with Gasteiger partial charge in [-0.15, -0.1) is 0 Å². The fraction of sp³-hybridized carbons (Fsp3) is 0.368. The van der Waals surface area contributed by atoms with E-state index in [1.165, 1.54) is 48.8 Å². The molecule has 0 saturated heterocycles. The second-order valence-corrected chi connectivity index (χ2v) is 6.05. The number of benzene rings is 2. The number of rotatable bonds is 2. The lowest BCUT2D eigenvalue weighted by Crippen LogP contribution is -2.04. The van der Waals surface area contributed by atoms with E-state index in [0.29, 0.717) is 0 Å². The van der Waals surface area contributed by atoms with Crippen LogP contribution in [-0.4, -0.2) is 0 Å². The van der Waals surface area contributed by atoms with Crippen LogP contribution in [-0.2, 0) is 0 Å². The van der Waals surface area contributed by atoms with Crippen LogP contribution < -0.4 is 5.73 Å². The highest BCUT2D eigenvalue weighted by Crippen LogP contribution is 2.34. The smallest absolute Gasteiger partial charge is 0.0396 e. The Morgan fingerprint density at radius 3 is 2.25 bits per heavy atom. The maximum absolute atomic E-state index is 6.13. The summed E-state index contributed by atoms with van der Waals surface area (Å²) >= 11 is 0. The molecule has 1 heteroatoms. The molecule has 0 aliphatic heterocycles. The molecule has 3 rings (SSSR count). The maximum atomic E-state index is 6.13. The van der Waals surface area contributed by atoms with E-state index in [4.69, 9.17) is 5.73 Å². The molecule has 2 N–H and O–H groups in total. The number of nitrogen functional groups attached to an aromatic ring is 1. The molecule has 104 valence electrons. The molecular formula is C19H23N. The van der Waals surface area contributed by atoms with Crippen LogP contribution in [0.2, 0.25) is 0 Å². The van der Waals surface area contributed by atoms with Crippen molar-refractivity contribution in [2.24, 2.45) is 0 Å². The SMILES string of the molecule is Cc1ccc(-c2ccc(C3CCCCC3)cc2)c(N)c1. The Hall–Kier alpha value is -1.76. The quantitative estimate of drug-likeness (QED) is 0.733. The van der Waals surface area contributed by atoms with Gasteiger partial charge in [0.05, 0.1) is 0 Å². The summed E-state index contributed by atoms with van der Waals surface area (Å²) in [7, 11) is 0. The van der Waals surface area contributed by atoms with E-state index in [1.54, 1.807) is 0 Å². The molecule has 0 radical (unpaired) electrons. The molecule has 20 heavy (non-hydrogen) atoms. The highest BCUT2D eigenvalue weighted by atomic mass is 14.6. The van der Waals surface area contributed by atoms with Gasteiger partial charge in [0.2, 0.25) is 0 Å². The number of hydrogen-bond acceptors (Lipinski definition) is 1. The average Bonchev–Trinajstić information content (AvgIpc) is 2.48. The second-order valence-electron chi connectivity index (χ2n) is 6.05. The Balaban J connectivity index is 1.85. The average molecular weight is 265 g/mol. The lowest BCUT2D eigenvalue weighted by molar-refractivity contribution is 0.443. The van der Waals surface area contributed by atoms with Crippen molar-refractivity contribution in [2.75, 3.05) is 5.73 Å². The standard InChI is InChI=1S/C19H23N/c1-14-7-12-18(19(20)13-14)17-10-8-16(9-11-17)15-5-3-2-4-6-15/h7-13,15H,2-6,20H2,1H3. The molecule has 2 aromatic carbocycles. The summed E-state index contributed by atoms with van der Waals surface area (Å²) in [6, 6.07) is 15.3. The fourth-order valence-electron chi connectivity index (χ4n) is 3.32. The Morgan fingerprint density at radius 2 is 1.60 bits per heavy atom. The Morgan fingerprint density at radius 1 is 0.900 bits per heavy atom. The molecular weight excluding hydrogens is 242 g/mol. The van der Waals surface area contributed by atoms with Gasteiger partial charge >= 0.3 is 0 Å². The van der Waals surface area contributed by atoms with Gasteiger partial charge in [0, 0.05) is 11.3 Å². The lowest BCUT2D eigenvalue weighted by Gasteiger charge is -2.22. The largest absolute Gasteiger partial charge is 0.398 e. The van der Waals surface area contributed by atoms with Gasteiger partial charge in [-0.3, -0.25) is 0 Å². The molecule has 1 nitrogen and oxygen atoms in total. The summed E-state index contributed by atoms with van der Waals surface area (Å²) in [5, 5.41) is 0. The van der Waals surface area contributed by atoms with Crippen LogP contribution in [0.3, 0.4) is 0 Å². The first kappa shape index (κ1) is 13.2. The van der Waals surface area contributed by atoms with E-state index in [0.717, 1.165) is 17.2 Å². The minimum Gasteiger partial charge on any atom is -0.398 e. The first-order valence-electron chi connectivity index (χ1n) is 7.70. The fourth-order valence-corrected chi connectivity index (χ4v) is 3.32. The summed E-state index contributed by atoms with van der Waals surface area (Å²) in [4.78, 5) is 0. The van der Waals surface area contributed by atoms with Crippen LogP contribution in [0.25, 0.3) is 11.1 Å². The van der Waals surface area contributed by atoms with Gasteiger partial charge in [-0.2, -0.15) is 0 Å². The van der Waals surface area contributed by atoms with E-state index in [1.807, 2.05) is 6.07 Å². The molecule has 0 amide bonds. The van der Waals surface area contributed by atoms with Crippen molar-refractivity contribution in [2.45, 2.75) is 44.9 Å². The summed E-state index contributed by atoms with van der Waals surface area (Å²) in [5.41, 5.74) is 12.1. The third-order valence-corrected chi connectivity index (χ3v) is 4.51. The van der Waals surface area contributed by atoms with E-state index >= 15 is 0 Å². The zero-order valence-corrected chi connectivity index (χ0v) is 12.2. The third kappa shape index (κ3) is 2.72. The van der Waals surface area contributed by atoms with Gasteiger partial charge in [-0.1, -0.05) is 55.7 Å². The highest BCUT2D eigenvalue weighted by Gasteiger charge is 2.15. The van der Waals surface area contributed by atoms with Crippen LogP contribution in [0.15, 0.2) is 42.5 Å². The van der Waals surface area contributed by atoms with Crippen LogP contribution in [0.1, 0.15) is 49.1 Å². The lowest BCUT2D eigenvalue weighted by atomic mass is 9.83. The molecule has 1 fully saturated rings. The van der Waals surface area contributed by atoms with Gasteiger partial charge < -0.3 is 5.73 Å². The monoisotopic (exact) mass is 265 g/mol. The van der Waals surface area contributed by atoms with Crippen LogP contribution in [0, 0.1) is 6.92 Å². The van der Waals surface area contributed by atoms with Gasteiger partial charge in [-0.25, -0.2) is 0 Å².